The molecular formula is C11H15N3. The number of terminal acetylenes is 1. The third-order valence-electron chi connectivity index (χ3n) is 2.21. The van der Waals surface area contributed by atoms with Crippen molar-refractivity contribution in [2.24, 2.45) is 16.0 Å². The van der Waals surface area contributed by atoms with Crippen LogP contribution >= 0.6 is 0 Å². The van der Waals surface area contributed by atoms with Crippen LogP contribution in [0.2, 0.25) is 0 Å². The molecule has 0 fully saturated rings. The minimum absolute atomic E-state index is 0.287. The van der Waals surface area contributed by atoms with Crippen LogP contribution in [0.25, 0.3) is 0 Å². The third kappa shape index (κ3) is 2.82. The van der Waals surface area contributed by atoms with Crippen molar-refractivity contribution in [1.29, 1.82) is 0 Å². The lowest BCUT2D eigenvalue weighted by atomic mass is 9.90. The average Bonchev–Trinajstić information content (AvgIpc) is 2.42. The second-order valence-corrected chi connectivity index (χ2v) is 3.26. The van der Waals surface area contributed by atoms with Crippen LogP contribution < -0.4 is 5.73 Å². The normalized spacial score (nSPS) is 24.6. The Morgan fingerprint density at radius 3 is 2.93 bits per heavy atom. The van der Waals surface area contributed by atoms with E-state index in [1.54, 1.807) is 6.20 Å². The van der Waals surface area contributed by atoms with Crippen LogP contribution in [0.3, 0.4) is 0 Å². The Morgan fingerprint density at radius 2 is 2.21 bits per heavy atom. The first kappa shape index (κ1) is 10.7. The van der Waals surface area contributed by atoms with E-state index in [9.17, 15) is 0 Å². The van der Waals surface area contributed by atoms with E-state index >= 15 is 0 Å². The summed E-state index contributed by atoms with van der Waals surface area (Å²) >= 11 is 0. The second-order valence-electron chi connectivity index (χ2n) is 3.26. The number of nitrogens with two attached hydrogens (primary N) is 1. The van der Waals surface area contributed by atoms with Crippen molar-refractivity contribution >= 4 is 0 Å². The zero-order valence-electron chi connectivity index (χ0n) is 8.19. The zero-order chi connectivity index (χ0) is 10.3. The van der Waals surface area contributed by atoms with Crippen LogP contribution in [0, 0.1) is 12.3 Å². The van der Waals surface area contributed by atoms with Gasteiger partial charge in [-0.2, -0.15) is 10.2 Å². The first-order valence-electron chi connectivity index (χ1n) is 4.73. The Morgan fingerprint density at radius 1 is 1.36 bits per heavy atom. The minimum Gasteiger partial charge on any atom is -0.330 e. The van der Waals surface area contributed by atoms with E-state index in [0.717, 1.165) is 12.8 Å². The molecule has 3 nitrogen and oxygen atoms in total. The van der Waals surface area contributed by atoms with E-state index in [1.165, 1.54) is 0 Å². The monoisotopic (exact) mass is 189 g/mol. The largest absolute Gasteiger partial charge is 0.330 e. The molecule has 0 aromatic heterocycles. The van der Waals surface area contributed by atoms with Crippen molar-refractivity contribution in [2.75, 3.05) is 6.54 Å². The second kappa shape index (κ2) is 5.36. The van der Waals surface area contributed by atoms with Crippen LogP contribution in [0.5, 0.6) is 0 Å². The SMILES string of the molecule is C#CCCC1(CCN)C=CC=CN=N1. The van der Waals surface area contributed by atoms with Gasteiger partial charge in [0.05, 0.1) is 0 Å². The predicted molar refractivity (Wildman–Crippen MR) is 57.6 cm³/mol. The minimum atomic E-state index is -0.287. The summed E-state index contributed by atoms with van der Waals surface area (Å²) in [5.74, 6) is 2.62. The van der Waals surface area contributed by atoms with Crippen molar-refractivity contribution in [3.05, 3.63) is 24.4 Å². The summed E-state index contributed by atoms with van der Waals surface area (Å²) in [6, 6.07) is 0. The van der Waals surface area contributed by atoms with Crippen molar-refractivity contribution in [1.82, 2.24) is 0 Å². The molecule has 0 spiro atoms. The molecule has 0 bridgehead atoms. The van der Waals surface area contributed by atoms with Gasteiger partial charge in [0, 0.05) is 12.6 Å². The maximum absolute atomic E-state index is 5.56. The van der Waals surface area contributed by atoms with Crippen molar-refractivity contribution < 1.29 is 0 Å². The molecule has 1 unspecified atom stereocenters. The molecule has 0 aliphatic carbocycles. The highest BCUT2D eigenvalue weighted by Gasteiger charge is 2.25. The Labute approximate surface area is 84.8 Å². The standard InChI is InChI=1S/C11H15N3/c1-2-3-6-11(8-9-12)7-4-5-10-13-14-11/h1,4-5,7,10H,3,6,8-9,12H2. The molecule has 1 atom stereocenters. The first-order chi connectivity index (χ1) is 6.83. The Hall–Kier alpha value is -1.40. The van der Waals surface area contributed by atoms with Gasteiger partial charge in [0.2, 0.25) is 0 Å². The van der Waals surface area contributed by atoms with Crippen LogP contribution in [-0.2, 0) is 0 Å². The topological polar surface area (TPSA) is 50.7 Å². The maximum Gasteiger partial charge on any atom is 0.102 e. The summed E-state index contributed by atoms with van der Waals surface area (Å²) < 4.78 is 0. The molecule has 1 aliphatic heterocycles. The summed E-state index contributed by atoms with van der Waals surface area (Å²) in [6.07, 6.45) is 15.1. The Kier molecular flexibility index (Phi) is 4.09. The summed E-state index contributed by atoms with van der Waals surface area (Å²) in [5, 5.41) is 8.21. The molecule has 2 N–H and O–H groups in total. The number of hydrogen-bond donors (Lipinski definition) is 1. The van der Waals surface area contributed by atoms with Crippen LogP contribution in [-0.4, -0.2) is 12.1 Å². The van der Waals surface area contributed by atoms with Crippen LogP contribution in [0.1, 0.15) is 19.3 Å². The number of azo groups is 1. The van der Waals surface area contributed by atoms with Gasteiger partial charge in [-0.1, -0.05) is 12.2 Å². The fourth-order valence-electron chi connectivity index (χ4n) is 1.43. The van der Waals surface area contributed by atoms with Crippen molar-refractivity contribution in [2.45, 2.75) is 24.8 Å². The lowest BCUT2D eigenvalue weighted by molar-refractivity contribution is 0.448. The third-order valence-corrected chi connectivity index (χ3v) is 2.21. The number of hydrogen-bond acceptors (Lipinski definition) is 3. The van der Waals surface area contributed by atoms with E-state index < -0.39 is 0 Å². The highest BCUT2D eigenvalue weighted by Crippen LogP contribution is 2.25. The van der Waals surface area contributed by atoms with Gasteiger partial charge in [0.25, 0.3) is 0 Å². The number of rotatable bonds is 4. The van der Waals surface area contributed by atoms with Gasteiger partial charge in [-0.3, -0.25) is 0 Å². The van der Waals surface area contributed by atoms with Crippen molar-refractivity contribution in [3.63, 3.8) is 0 Å². The van der Waals surface area contributed by atoms with E-state index in [0.29, 0.717) is 13.0 Å². The quantitative estimate of drug-likeness (QED) is 0.676. The summed E-state index contributed by atoms with van der Waals surface area (Å²) in [6.45, 7) is 0.591. The lowest BCUT2D eigenvalue weighted by Gasteiger charge is -2.22. The molecule has 3 heteroatoms. The number of allylic oxidation sites excluding steroid dienone is 2. The zero-order valence-corrected chi connectivity index (χ0v) is 8.19. The van der Waals surface area contributed by atoms with E-state index in [1.807, 2.05) is 18.2 Å². The van der Waals surface area contributed by atoms with E-state index in [-0.39, 0.29) is 5.54 Å². The van der Waals surface area contributed by atoms with Crippen LogP contribution in [0.4, 0.5) is 0 Å². The Balaban J connectivity index is 2.75. The fraction of sp³-hybridized carbons (Fsp3) is 0.455. The van der Waals surface area contributed by atoms with Gasteiger partial charge in [-0.05, 0) is 25.5 Å². The van der Waals surface area contributed by atoms with Crippen molar-refractivity contribution in [3.8, 4) is 12.3 Å². The molecule has 0 radical (unpaired) electrons. The highest BCUT2D eigenvalue weighted by atomic mass is 15.1. The van der Waals surface area contributed by atoms with Gasteiger partial charge in [0.15, 0.2) is 0 Å². The van der Waals surface area contributed by atoms with Gasteiger partial charge in [-0.25, -0.2) is 0 Å². The summed E-state index contributed by atoms with van der Waals surface area (Å²) in [7, 11) is 0. The van der Waals surface area contributed by atoms with Gasteiger partial charge < -0.3 is 5.73 Å². The van der Waals surface area contributed by atoms with E-state index in [2.05, 4.69) is 16.1 Å². The molecule has 1 heterocycles. The Bertz CT molecular complexity index is 278. The first-order valence-corrected chi connectivity index (χ1v) is 4.73. The fourth-order valence-corrected chi connectivity index (χ4v) is 1.43. The highest BCUT2D eigenvalue weighted by molar-refractivity contribution is 5.16. The molecule has 0 aromatic carbocycles. The van der Waals surface area contributed by atoms with E-state index in [4.69, 9.17) is 12.2 Å². The molecule has 1 aliphatic rings. The molecule has 14 heavy (non-hydrogen) atoms. The molecule has 0 saturated heterocycles. The molecule has 0 amide bonds. The molecule has 74 valence electrons. The molecular weight excluding hydrogens is 174 g/mol. The molecule has 0 saturated carbocycles. The van der Waals surface area contributed by atoms with Crippen LogP contribution in [0.15, 0.2) is 34.7 Å². The molecule has 0 aromatic rings. The molecule has 1 rings (SSSR count). The summed E-state index contributed by atoms with van der Waals surface area (Å²) in [5.41, 5.74) is 5.27. The number of nitrogens with zero attached hydrogens (tertiary/aromatic N) is 2. The van der Waals surface area contributed by atoms with Gasteiger partial charge in [-0.15, -0.1) is 12.3 Å². The summed E-state index contributed by atoms with van der Waals surface area (Å²) in [4.78, 5) is 0. The maximum atomic E-state index is 5.56. The van der Waals surface area contributed by atoms with Gasteiger partial charge in [0.1, 0.15) is 5.54 Å². The average molecular weight is 189 g/mol. The predicted octanol–water partition coefficient (Wildman–Crippen LogP) is 2.02. The lowest BCUT2D eigenvalue weighted by Crippen LogP contribution is -2.26. The van der Waals surface area contributed by atoms with Gasteiger partial charge >= 0.3 is 0 Å². The smallest absolute Gasteiger partial charge is 0.102 e.